The molecule has 1 aliphatic rings. The molecule has 21 heavy (non-hydrogen) atoms. The van der Waals surface area contributed by atoms with Crippen LogP contribution in [0.1, 0.15) is 25.8 Å². The van der Waals surface area contributed by atoms with Crippen molar-refractivity contribution in [2.24, 2.45) is 0 Å². The molecular weight excluding hydrogens is 286 g/mol. The third kappa shape index (κ3) is 4.18. The summed E-state index contributed by atoms with van der Waals surface area (Å²) in [6.07, 6.45) is 1.72. The van der Waals surface area contributed by atoms with Gasteiger partial charge in [0, 0.05) is 18.8 Å². The lowest BCUT2D eigenvalue weighted by Gasteiger charge is -2.17. The van der Waals surface area contributed by atoms with Gasteiger partial charge in [0.1, 0.15) is 0 Å². The molecule has 0 amide bonds. The molecule has 0 spiro atoms. The number of rotatable bonds is 8. The fraction of sp³-hybridized carbons (Fsp3) is 0.600. The molecule has 1 aromatic carbocycles. The van der Waals surface area contributed by atoms with Crippen LogP contribution in [0.4, 0.5) is 5.69 Å². The number of anilines is 1. The maximum absolute atomic E-state index is 12.3. The molecule has 0 saturated carbocycles. The minimum absolute atomic E-state index is 0.368. The molecule has 1 heterocycles. The molecule has 0 aromatic heterocycles. The average molecular weight is 311 g/mol. The zero-order valence-corrected chi connectivity index (χ0v) is 13.7. The van der Waals surface area contributed by atoms with Crippen LogP contribution in [-0.4, -0.2) is 46.0 Å². The van der Waals surface area contributed by atoms with Crippen molar-refractivity contribution in [1.82, 2.24) is 9.62 Å². The Balaban J connectivity index is 1.90. The van der Waals surface area contributed by atoms with E-state index >= 15 is 0 Å². The molecule has 0 unspecified atom stereocenters. The Morgan fingerprint density at radius 2 is 2.05 bits per heavy atom. The first-order chi connectivity index (χ1) is 10.1. The molecular formula is C15H25N3O2S. The van der Waals surface area contributed by atoms with Crippen molar-refractivity contribution >= 4 is 15.7 Å². The van der Waals surface area contributed by atoms with E-state index in [0.29, 0.717) is 11.4 Å². The molecule has 1 aliphatic heterocycles. The fourth-order valence-electron chi connectivity index (χ4n) is 2.58. The van der Waals surface area contributed by atoms with Crippen LogP contribution in [0.15, 0.2) is 23.1 Å². The van der Waals surface area contributed by atoms with Gasteiger partial charge in [-0.25, -0.2) is 13.1 Å². The summed E-state index contributed by atoms with van der Waals surface area (Å²) >= 11 is 0. The summed E-state index contributed by atoms with van der Waals surface area (Å²) in [5.41, 5.74) is 2.14. The van der Waals surface area contributed by atoms with E-state index in [1.54, 1.807) is 12.1 Å². The lowest BCUT2D eigenvalue weighted by molar-refractivity contribution is 0.300. The lowest BCUT2D eigenvalue weighted by atomic mass is 10.2. The topological polar surface area (TPSA) is 61.4 Å². The van der Waals surface area contributed by atoms with E-state index in [1.807, 2.05) is 6.07 Å². The summed E-state index contributed by atoms with van der Waals surface area (Å²) in [5.74, 6) is 0. The van der Waals surface area contributed by atoms with Crippen molar-refractivity contribution in [1.29, 1.82) is 0 Å². The SMILES string of the molecule is CCN(CC)CCCNS(=O)(=O)c1ccc2c(c1)CCN2. The minimum atomic E-state index is -3.39. The smallest absolute Gasteiger partial charge is 0.240 e. The van der Waals surface area contributed by atoms with Crippen molar-refractivity contribution in [3.63, 3.8) is 0 Å². The zero-order valence-electron chi connectivity index (χ0n) is 12.9. The van der Waals surface area contributed by atoms with Crippen LogP contribution in [0.5, 0.6) is 0 Å². The molecule has 2 rings (SSSR count). The maximum atomic E-state index is 12.3. The first-order valence-electron chi connectivity index (χ1n) is 7.65. The molecule has 2 N–H and O–H groups in total. The van der Waals surface area contributed by atoms with E-state index in [1.165, 1.54) is 0 Å². The van der Waals surface area contributed by atoms with E-state index in [9.17, 15) is 8.42 Å². The zero-order chi connectivity index (χ0) is 15.3. The molecule has 0 saturated heterocycles. The molecule has 0 atom stereocenters. The number of fused-ring (bicyclic) bond motifs is 1. The van der Waals surface area contributed by atoms with Gasteiger partial charge in [0.15, 0.2) is 0 Å². The Morgan fingerprint density at radius 1 is 1.29 bits per heavy atom. The van der Waals surface area contributed by atoms with E-state index in [2.05, 4.69) is 28.8 Å². The van der Waals surface area contributed by atoms with Crippen molar-refractivity contribution < 1.29 is 8.42 Å². The summed E-state index contributed by atoms with van der Waals surface area (Å²) in [7, 11) is -3.39. The molecule has 6 heteroatoms. The van der Waals surface area contributed by atoms with Crippen LogP contribution < -0.4 is 10.0 Å². The summed E-state index contributed by atoms with van der Waals surface area (Å²) in [6.45, 7) is 8.52. The second-order valence-corrected chi connectivity index (χ2v) is 7.04. The number of nitrogens with zero attached hydrogens (tertiary/aromatic N) is 1. The highest BCUT2D eigenvalue weighted by atomic mass is 32.2. The van der Waals surface area contributed by atoms with Crippen molar-refractivity contribution in [3.05, 3.63) is 23.8 Å². The Morgan fingerprint density at radius 3 is 2.76 bits per heavy atom. The van der Waals surface area contributed by atoms with Crippen LogP contribution in [0, 0.1) is 0 Å². The standard InChI is InChI=1S/C15H25N3O2S/c1-3-18(4-2)11-5-9-17-21(19,20)14-6-7-15-13(12-14)8-10-16-15/h6-7,12,16-17H,3-5,8-11H2,1-2H3. The Labute approximate surface area is 127 Å². The van der Waals surface area contributed by atoms with Gasteiger partial charge < -0.3 is 10.2 Å². The second-order valence-electron chi connectivity index (χ2n) is 5.27. The first-order valence-corrected chi connectivity index (χ1v) is 9.14. The van der Waals surface area contributed by atoms with Gasteiger partial charge in [-0.2, -0.15) is 0 Å². The van der Waals surface area contributed by atoms with E-state index in [-0.39, 0.29) is 0 Å². The average Bonchev–Trinajstić information content (AvgIpc) is 2.95. The number of hydrogen-bond acceptors (Lipinski definition) is 4. The summed E-state index contributed by atoms with van der Waals surface area (Å²) in [4.78, 5) is 2.66. The lowest BCUT2D eigenvalue weighted by Crippen LogP contribution is -2.30. The van der Waals surface area contributed by atoms with E-state index in [4.69, 9.17) is 0 Å². The highest BCUT2D eigenvalue weighted by molar-refractivity contribution is 7.89. The van der Waals surface area contributed by atoms with Gasteiger partial charge in [0.25, 0.3) is 0 Å². The Hall–Kier alpha value is -1.11. The van der Waals surface area contributed by atoms with Crippen LogP contribution in [0.2, 0.25) is 0 Å². The molecule has 0 radical (unpaired) electrons. The Kier molecular flexibility index (Phi) is 5.61. The number of benzene rings is 1. The first kappa shape index (κ1) is 16.3. The largest absolute Gasteiger partial charge is 0.384 e. The number of sulfonamides is 1. The molecule has 5 nitrogen and oxygen atoms in total. The quantitative estimate of drug-likeness (QED) is 0.717. The molecule has 0 aliphatic carbocycles. The van der Waals surface area contributed by atoms with E-state index < -0.39 is 10.0 Å². The third-order valence-electron chi connectivity index (χ3n) is 3.93. The van der Waals surface area contributed by atoms with Gasteiger partial charge in [-0.05, 0) is 56.2 Å². The predicted octanol–water partition coefficient (Wildman–Crippen LogP) is 1.66. The number of hydrogen-bond donors (Lipinski definition) is 2. The second kappa shape index (κ2) is 7.24. The van der Waals surface area contributed by atoms with Gasteiger partial charge in [0.2, 0.25) is 10.0 Å². The van der Waals surface area contributed by atoms with Gasteiger partial charge in [-0.1, -0.05) is 13.8 Å². The molecule has 1 aromatic rings. The third-order valence-corrected chi connectivity index (χ3v) is 5.39. The van der Waals surface area contributed by atoms with Crippen LogP contribution in [-0.2, 0) is 16.4 Å². The molecule has 118 valence electrons. The van der Waals surface area contributed by atoms with Crippen molar-refractivity contribution in [3.8, 4) is 0 Å². The molecule has 0 fully saturated rings. The predicted molar refractivity (Wildman–Crippen MR) is 86.2 cm³/mol. The van der Waals surface area contributed by atoms with Gasteiger partial charge in [-0.3, -0.25) is 0 Å². The van der Waals surface area contributed by atoms with Gasteiger partial charge >= 0.3 is 0 Å². The summed E-state index contributed by atoms with van der Waals surface area (Å²) in [6, 6.07) is 5.30. The van der Waals surface area contributed by atoms with Crippen LogP contribution in [0.25, 0.3) is 0 Å². The highest BCUT2D eigenvalue weighted by Gasteiger charge is 2.17. The van der Waals surface area contributed by atoms with Crippen molar-refractivity contribution in [2.75, 3.05) is 38.0 Å². The summed E-state index contributed by atoms with van der Waals surface area (Å²) < 4.78 is 27.2. The fourth-order valence-corrected chi connectivity index (χ4v) is 3.71. The minimum Gasteiger partial charge on any atom is -0.384 e. The molecule has 0 bridgehead atoms. The normalized spacial score (nSPS) is 14.2. The number of nitrogens with one attached hydrogen (secondary N) is 2. The monoisotopic (exact) mass is 311 g/mol. The summed E-state index contributed by atoms with van der Waals surface area (Å²) in [5, 5.41) is 3.24. The van der Waals surface area contributed by atoms with Crippen molar-refractivity contribution in [2.45, 2.75) is 31.6 Å². The Bertz CT molecular complexity index is 568. The highest BCUT2D eigenvalue weighted by Crippen LogP contribution is 2.24. The van der Waals surface area contributed by atoms with E-state index in [0.717, 1.165) is 50.3 Å². The van der Waals surface area contributed by atoms with Gasteiger partial charge in [0.05, 0.1) is 4.90 Å². The van der Waals surface area contributed by atoms with Crippen LogP contribution >= 0.6 is 0 Å². The maximum Gasteiger partial charge on any atom is 0.240 e. The van der Waals surface area contributed by atoms with Crippen LogP contribution in [0.3, 0.4) is 0 Å². The van der Waals surface area contributed by atoms with Gasteiger partial charge in [-0.15, -0.1) is 0 Å².